The topological polar surface area (TPSA) is 116 Å². The Morgan fingerprint density at radius 3 is 2.03 bits per heavy atom. The summed E-state index contributed by atoms with van der Waals surface area (Å²) in [5, 5.41) is 14.0. The molecule has 170 valence electrons. The van der Waals surface area contributed by atoms with Crippen LogP contribution >= 0.6 is 0 Å². The van der Waals surface area contributed by atoms with Crippen LogP contribution in [0.1, 0.15) is 40.9 Å². The fraction of sp³-hybridized carbons (Fsp3) is 0.304. The second kappa shape index (κ2) is 11.3. The van der Waals surface area contributed by atoms with Crippen LogP contribution < -0.4 is 21.8 Å². The molecule has 0 fully saturated rings. The van der Waals surface area contributed by atoms with Gasteiger partial charge in [-0.25, -0.2) is 14.3 Å². The van der Waals surface area contributed by atoms with Crippen LogP contribution in [0.5, 0.6) is 0 Å². The van der Waals surface area contributed by atoms with Crippen molar-refractivity contribution in [2.24, 2.45) is 5.73 Å². The second-order valence-corrected chi connectivity index (χ2v) is 7.75. The van der Waals surface area contributed by atoms with Crippen molar-refractivity contribution in [3.8, 4) is 11.8 Å². The van der Waals surface area contributed by atoms with Crippen LogP contribution in [0, 0.1) is 11.8 Å². The first-order valence-electron chi connectivity index (χ1n) is 9.83. The number of benzene rings is 2. The lowest BCUT2D eigenvalue weighted by Gasteiger charge is -2.29. The first-order chi connectivity index (χ1) is 15.1. The van der Waals surface area contributed by atoms with Crippen molar-refractivity contribution in [2.75, 3.05) is 6.54 Å². The van der Waals surface area contributed by atoms with Crippen molar-refractivity contribution in [2.45, 2.75) is 38.4 Å². The molecule has 2 amide bonds. The highest BCUT2D eigenvalue weighted by Gasteiger charge is 2.33. The molecule has 2 aromatic rings. The third kappa shape index (κ3) is 7.74. The summed E-state index contributed by atoms with van der Waals surface area (Å²) in [6, 6.07) is 12.6. The highest BCUT2D eigenvalue weighted by atomic mass is 19.3. The zero-order valence-corrected chi connectivity index (χ0v) is 17.8. The van der Waals surface area contributed by atoms with Gasteiger partial charge >= 0.3 is 0 Å². The molecule has 0 aromatic heterocycles. The second-order valence-electron chi connectivity index (χ2n) is 7.75. The van der Waals surface area contributed by atoms with Crippen molar-refractivity contribution in [1.82, 2.24) is 16.1 Å². The molecule has 0 aliphatic carbocycles. The summed E-state index contributed by atoms with van der Waals surface area (Å²) in [5.41, 5.74) is 8.92. The first-order valence-corrected chi connectivity index (χ1v) is 9.83. The molecule has 0 saturated carbocycles. The average Bonchev–Trinajstić information content (AvgIpc) is 2.75. The largest absolute Gasteiger partial charge is 0.338 e. The Morgan fingerprint density at radius 1 is 1.03 bits per heavy atom. The first kappa shape index (κ1) is 24.9. The van der Waals surface area contributed by atoms with E-state index in [0.717, 1.165) is 11.1 Å². The Labute approximate surface area is 185 Å². The fourth-order valence-electron chi connectivity index (χ4n) is 2.75. The van der Waals surface area contributed by atoms with Gasteiger partial charge in [-0.05, 0) is 55.8 Å². The van der Waals surface area contributed by atoms with Gasteiger partial charge in [0.2, 0.25) is 0 Å². The maximum atomic E-state index is 12.4. The maximum Gasteiger partial charge on any atom is 0.267 e. The molecule has 7 nitrogen and oxygen atoms in total. The number of carbonyl (C=O) groups excluding carboxylic acids is 2. The Hall–Kier alpha value is -3.32. The van der Waals surface area contributed by atoms with Gasteiger partial charge in [0.25, 0.3) is 18.2 Å². The van der Waals surface area contributed by atoms with Crippen molar-refractivity contribution in [3.05, 3.63) is 70.8 Å². The average molecular weight is 444 g/mol. The fourth-order valence-corrected chi connectivity index (χ4v) is 2.75. The Morgan fingerprint density at radius 2 is 1.56 bits per heavy atom. The molecule has 0 saturated heterocycles. The molecule has 0 radical (unpaired) electrons. The van der Waals surface area contributed by atoms with E-state index in [2.05, 4.69) is 22.5 Å². The van der Waals surface area contributed by atoms with Crippen molar-refractivity contribution in [1.29, 1.82) is 0 Å². The smallest absolute Gasteiger partial charge is 0.267 e. The molecule has 0 spiro atoms. The van der Waals surface area contributed by atoms with Gasteiger partial charge in [-0.2, -0.15) is 0 Å². The molecule has 0 unspecified atom stereocenters. The molecule has 9 heteroatoms. The summed E-state index contributed by atoms with van der Waals surface area (Å²) < 4.78 is 24.3. The zero-order valence-electron chi connectivity index (χ0n) is 17.8. The van der Waals surface area contributed by atoms with Crippen LogP contribution in [0.15, 0.2) is 48.5 Å². The van der Waals surface area contributed by atoms with E-state index in [-0.39, 0.29) is 6.54 Å². The van der Waals surface area contributed by atoms with Crippen LogP contribution in [-0.2, 0) is 11.3 Å². The number of hydrogen-bond donors (Lipinski definition) is 5. The third-order valence-electron chi connectivity index (χ3n) is 4.47. The normalized spacial score (nSPS) is 12.0. The van der Waals surface area contributed by atoms with Crippen LogP contribution in [0.4, 0.5) is 8.78 Å². The van der Waals surface area contributed by atoms with E-state index in [1.807, 2.05) is 12.1 Å². The van der Waals surface area contributed by atoms with Crippen LogP contribution in [-0.4, -0.2) is 41.6 Å². The minimum Gasteiger partial charge on any atom is -0.338 e. The van der Waals surface area contributed by atoms with Gasteiger partial charge in [0, 0.05) is 28.8 Å². The predicted octanol–water partition coefficient (Wildman–Crippen LogP) is 1.78. The van der Waals surface area contributed by atoms with E-state index < -0.39 is 29.8 Å². The van der Waals surface area contributed by atoms with Gasteiger partial charge in [-0.3, -0.25) is 14.8 Å². The molecular weight excluding hydrogens is 418 g/mol. The number of carbonyl (C=O) groups is 2. The number of nitrogens with one attached hydrogen (secondary N) is 3. The monoisotopic (exact) mass is 444 g/mol. The van der Waals surface area contributed by atoms with Gasteiger partial charge in [0.05, 0.1) is 6.54 Å². The summed E-state index contributed by atoms with van der Waals surface area (Å²) in [7, 11) is 0. The lowest BCUT2D eigenvalue weighted by Crippen LogP contribution is -2.61. The number of rotatable bonds is 8. The van der Waals surface area contributed by atoms with Gasteiger partial charge in [-0.1, -0.05) is 24.0 Å². The molecule has 32 heavy (non-hydrogen) atoms. The minimum atomic E-state index is -2.38. The quantitative estimate of drug-likeness (QED) is 0.242. The third-order valence-corrected chi connectivity index (χ3v) is 4.47. The molecule has 2 aromatic carbocycles. The van der Waals surface area contributed by atoms with Crippen LogP contribution in [0.3, 0.4) is 0 Å². The van der Waals surface area contributed by atoms with Crippen molar-refractivity contribution < 1.29 is 23.6 Å². The number of hydroxylamine groups is 1. The predicted molar refractivity (Wildman–Crippen MR) is 116 cm³/mol. The van der Waals surface area contributed by atoms with E-state index in [1.165, 1.54) is 5.48 Å². The van der Waals surface area contributed by atoms with E-state index >= 15 is 0 Å². The van der Waals surface area contributed by atoms with E-state index in [0.29, 0.717) is 17.7 Å². The highest BCUT2D eigenvalue weighted by Crippen LogP contribution is 2.09. The number of alkyl halides is 2. The summed E-state index contributed by atoms with van der Waals surface area (Å²) >= 11 is 0. The highest BCUT2D eigenvalue weighted by molar-refractivity contribution is 5.97. The van der Waals surface area contributed by atoms with Crippen molar-refractivity contribution in [3.63, 3.8) is 0 Å². The molecular formula is C23H26F2N4O3. The van der Waals surface area contributed by atoms with E-state index in [1.54, 1.807) is 50.2 Å². The standard InChI is InChI=1S/C23H26F2N4O3/c1-23(2,26)20(22(31)29-32)28-21(30)18-11-9-16(10-12-18)4-3-15-5-7-17(8-6-15)13-27-14-19(24)25/h5-12,19-20,27,32H,13-14,26H2,1-2H3,(H,28,30)(H,29,31)/t20-/m1/s1. The van der Waals surface area contributed by atoms with Crippen LogP contribution in [0.25, 0.3) is 0 Å². The minimum absolute atomic E-state index is 0.302. The Kier molecular flexibility index (Phi) is 8.84. The molecule has 6 N–H and O–H groups in total. The molecule has 2 rings (SSSR count). The number of nitrogens with two attached hydrogens (primary N) is 1. The van der Waals surface area contributed by atoms with Gasteiger partial charge in [0.15, 0.2) is 0 Å². The molecule has 1 atom stereocenters. The molecule has 0 aliphatic rings. The number of amides is 2. The number of halogens is 2. The number of hydrogen-bond acceptors (Lipinski definition) is 5. The Bertz CT molecular complexity index is 976. The molecule has 0 bridgehead atoms. The molecule has 0 aliphatic heterocycles. The Balaban J connectivity index is 2.00. The lowest BCUT2D eigenvalue weighted by atomic mass is 9.95. The van der Waals surface area contributed by atoms with Crippen molar-refractivity contribution >= 4 is 11.8 Å². The van der Waals surface area contributed by atoms with Gasteiger partial charge in [0.1, 0.15) is 6.04 Å². The van der Waals surface area contributed by atoms with Gasteiger partial charge < -0.3 is 16.4 Å². The van der Waals surface area contributed by atoms with E-state index in [9.17, 15) is 18.4 Å². The lowest BCUT2D eigenvalue weighted by molar-refractivity contribution is -0.132. The summed E-state index contributed by atoms with van der Waals surface area (Å²) in [4.78, 5) is 24.2. The summed E-state index contributed by atoms with van der Waals surface area (Å²) in [6.45, 7) is 3.11. The van der Waals surface area contributed by atoms with Gasteiger partial charge in [-0.15, -0.1) is 0 Å². The summed E-state index contributed by atoms with van der Waals surface area (Å²) in [6.07, 6.45) is -2.38. The SMILES string of the molecule is CC(C)(N)[C@H](NC(=O)c1ccc(C#Cc2ccc(CNCC(F)F)cc2)cc1)C(=O)NO. The maximum absolute atomic E-state index is 12.4. The van der Waals surface area contributed by atoms with Crippen LogP contribution in [0.2, 0.25) is 0 Å². The molecule has 0 heterocycles. The zero-order chi connectivity index (χ0) is 23.7. The summed E-state index contributed by atoms with van der Waals surface area (Å²) in [5.74, 6) is 4.64. The van der Waals surface area contributed by atoms with E-state index in [4.69, 9.17) is 10.9 Å².